The molecule has 0 bridgehead atoms. The molecule has 0 spiro atoms. The van der Waals surface area contributed by atoms with Gasteiger partial charge in [-0.3, -0.25) is 0 Å². The number of rotatable bonds is 5. The van der Waals surface area contributed by atoms with Crippen molar-refractivity contribution >= 4 is 28.1 Å². The van der Waals surface area contributed by atoms with Crippen LogP contribution in [0.5, 0.6) is 0 Å². The summed E-state index contributed by atoms with van der Waals surface area (Å²) in [5.74, 6) is 0.847. The largest absolute Gasteiger partial charge is 0.416 e. The first-order chi connectivity index (χ1) is 15.2. The first-order valence-corrected chi connectivity index (χ1v) is 10.6. The maximum atomic E-state index is 13.2. The van der Waals surface area contributed by atoms with E-state index in [2.05, 4.69) is 37.2 Å². The minimum absolute atomic E-state index is 0.0684. The summed E-state index contributed by atoms with van der Waals surface area (Å²) in [4.78, 5) is 9.16. The lowest BCUT2D eigenvalue weighted by atomic mass is 10.0. The third-order valence-corrected chi connectivity index (χ3v) is 5.83. The number of nitrogens with two attached hydrogens (primary N) is 1. The molecule has 0 saturated carbocycles. The summed E-state index contributed by atoms with van der Waals surface area (Å²) >= 11 is 0. The molecule has 170 valence electrons. The number of anilines is 3. The van der Waals surface area contributed by atoms with Crippen LogP contribution >= 0.6 is 0 Å². The fourth-order valence-electron chi connectivity index (χ4n) is 3.94. The molecule has 1 unspecified atom stereocenters. The smallest absolute Gasteiger partial charge is 0.399 e. The van der Waals surface area contributed by atoms with Crippen LogP contribution < -0.4 is 16.0 Å². The molecule has 3 N–H and O–H groups in total. The molecular weight excluding hydrogens is 419 g/mol. The Morgan fingerprint density at radius 3 is 2.53 bits per heavy atom. The number of likely N-dealkylation sites (N-methyl/N-ethyl adjacent to an activating group) is 1. The summed E-state index contributed by atoms with van der Waals surface area (Å²) in [7, 11) is 0. The van der Waals surface area contributed by atoms with E-state index in [0.717, 1.165) is 56.1 Å². The zero-order chi connectivity index (χ0) is 22.9. The number of alkyl halides is 3. The van der Waals surface area contributed by atoms with Crippen molar-refractivity contribution in [1.29, 1.82) is 0 Å². The van der Waals surface area contributed by atoms with Gasteiger partial charge in [-0.1, -0.05) is 6.92 Å². The number of halogens is 3. The van der Waals surface area contributed by atoms with E-state index in [-0.39, 0.29) is 5.69 Å². The molecule has 2 aromatic heterocycles. The second kappa shape index (κ2) is 8.78. The standard InChI is InChI=1S/C22H26F3N7/c1-3-31-4-6-32(7-5-31)21-11-18-19(13-28-30-20(18)12-27-21)29-14(2)15-8-16(22(23,24)25)10-17(26)9-15/h8-14H,3-7,26H2,1-2H3,(H,29,30). The van der Waals surface area contributed by atoms with Gasteiger partial charge in [-0.05, 0) is 43.3 Å². The van der Waals surface area contributed by atoms with Crippen LogP contribution in [0.3, 0.4) is 0 Å². The second-order valence-electron chi connectivity index (χ2n) is 7.99. The highest BCUT2D eigenvalue weighted by molar-refractivity contribution is 5.91. The molecule has 3 aromatic rings. The molecule has 7 nitrogen and oxygen atoms in total. The minimum Gasteiger partial charge on any atom is -0.399 e. The summed E-state index contributed by atoms with van der Waals surface area (Å²) in [6.45, 7) is 8.68. The van der Waals surface area contributed by atoms with Gasteiger partial charge < -0.3 is 20.9 Å². The van der Waals surface area contributed by atoms with Gasteiger partial charge in [0, 0.05) is 43.3 Å². The maximum absolute atomic E-state index is 13.2. The van der Waals surface area contributed by atoms with E-state index in [1.165, 1.54) is 0 Å². The number of nitrogens with one attached hydrogen (secondary N) is 1. The lowest BCUT2D eigenvalue weighted by Gasteiger charge is -2.34. The number of piperazine rings is 1. The van der Waals surface area contributed by atoms with Crippen LogP contribution in [0.15, 0.2) is 36.7 Å². The number of nitrogens with zero attached hydrogens (tertiary/aromatic N) is 5. The fourth-order valence-corrected chi connectivity index (χ4v) is 3.94. The summed E-state index contributed by atoms with van der Waals surface area (Å²) in [6.07, 6.45) is -1.20. The van der Waals surface area contributed by atoms with Gasteiger partial charge in [0.2, 0.25) is 0 Å². The molecule has 3 heterocycles. The van der Waals surface area contributed by atoms with Crippen LogP contribution in [0.4, 0.5) is 30.4 Å². The van der Waals surface area contributed by atoms with Crippen molar-refractivity contribution in [2.45, 2.75) is 26.1 Å². The van der Waals surface area contributed by atoms with E-state index >= 15 is 0 Å². The van der Waals surface area contributed by atoms with Crippen molar-refractivity contribution in [1.82, 2.24) is 20.1 Å². The Labute approximate surface area is 184 Å². The van der Waals surface area contributed by atoms with Crippen LogP contribution in [0.1, 0.15) is 31.0 Å². The minimum atomic E-state index is -4.46. The molecule has 4 rings (SSSR count). The molecule has 0 radical (unpaired) electrons. The number of pyridine rings is 1. The highest BCUT2D eigenvalue weighted by atomic mass is 19.4. The van der Waals surface area contributed by atoms with E-state index in [1.54, 1.807) is 25.4 Å². The molecule has 1 aliphatic rings. The Bertz CT molecular complexity index is 1090. The van der Waals surface area contributed by atoms with E-state index in [0.29, 0.717) is 16.8 Å². The molecule has 1 aromatic carbocycles. The molecular formula is C22H26F3N7. The predicted molar refractivity (Wildman–Crippen MR) is 120 cm³/mol. The monoisotopic (exact) mass is 445 g/mol. The zero-order valence-corrected chi connectivity index (χ0v) is 18.0. The van der Waals surface area contributed by atoms with Gasteiger partial charge in [-0.25, -0.2) is 4.98 Å². The molecule has 0 amide bonds. The fraction of sp³-hybridized carbons (Fsp3) is 0.409. The van der Waals surface area contributed by atoms with Gasteiger partial charge in [0.05, 0.1) is 23.6 Å². The predicted octanol–water partition coefficient (Wildman–Crippen LogP) is 3.94. The van der Waals surface area contributed by atoms with Crippen LogP contribution in [-0.2, 0) is 6.18 Å². The quantitative estimate of drug-likeness (QED) is 0.576. The van der Waals surface area contributed by atoms with Crippen molar-refractivity contribution in [2.24, 2.45) is 0 Å². The number of benzene rings is 1. The highest BCUT2D eigenvalue weighted by Gasteiger charge is 2.31. The number of hydrogen-bond acceptors (Lipinski definition) is 7. The van der Waals surface area contributed by atoms with Crippen LogP contribution in [-0.4, -0.2) is 52.8 Å². The normalized spacial score (nSPS) is 16.3. The van der Waals surface area contributed by atoms with E-state index in [1.807, 2.05) is 6.07 Å². The van der Waals surface area contributed by atoms with Crippen molar-refractivity contribution in [3.05, 3.63) is 47.8 Å². The summed E-state index contributed by atoms with van der Waals surface area (Å²) in [6, 6.07) is 5.13. The number of hydrogen-bond donors (Lipinski definition) is 2. The van der Waals surface area contributed by atoms with Gasteiger partial charge in [0.25, 0.3) is 0 Å². The Kier molecular flexibility index (Phi) is 6.05. The summed E-state index contributed by atoms with van der Waals surface area (Å²) < 4.78 is 39.6. The first kappa shape index (κ1) is 22.1. The average molecular weight is 445 g/mol. The summed E-state index contributed by atoms with van der Waals surface area (Å²) in [5, 5.41) is 12.3. The van der Waals surface area contributed by atoms with E-state index in [9.17, 15) is 13.2 Å². The van der Waals surface area contributed by atoms with Crippen molar-refractivity contribution in [3.63, 3.8) is 0 Å². The molecule has 0 aliphatic carbocycles. The van der Waals surface area contributed by atoms with Crippen molar-refractivity contribution in [3.8, 4) is 0 Å². The topological polar surface area (TPSA) is 83.2 Å². The van der Waals surface area contributed by atoms with Crippen LogP contribution in [0.25, 0.3) is 10.9 Å². The van der Waals surface area contributed by atoms with Crippen LogP contribution in [0, 0.1) is 0 Å². The van der Waals surface area contributed by atoms with E-state index in [4.69, 9.17) is 5.73 Å². The zero-order valence-electron chi connectivity index (χ0n) is 18.0. The van der Waals surface area contributed by atoms with Gasteiger partial charge in [0.15, 0.2) is 0 Å². The molecule has 1 fully saturated rings. The maximum Gasteiger partial charge on any atom is 0.416 e. The highest BCUT2D eigenvalue weighted by Crippen LogP contribution is 2.34. The number of nitrogen functional groups attached to an aromatic ring is 1. The Balaban J connectivity index is 1.61. The SMILES string of the molecule is CCN1CCN(c2cc3c(NC(C)c4cc(N)cc(C(F)(F)F)c4)cnnc3cn2)CC1. The van der Waals surface area contributed by atoms with Crippen molar-refractivity contribution in [2.75, 3.05) is 48.7 Å². The first-order valence-electron chi connectivity index (χ1n) is 10.6. The molecule has 32 heavy (non-hydrogen) atoms. The lowest BCUT2D eigenvalue weighted by molar-refractivity contribution is -0.137. The third kappa shape index (κ3) is 4.69. The van der Waals surface area contributed by atoms with E-state index < -0.39 is 17.8 Å². The average Bonchev–Trinajstić information content (AvgIpc) is 2.78. The van der Waals surface area contributed by atoms with Gasteiger partial charge in [-0.2, -0.15) is 18.3 Å². The van der Waals surface area contributed by atoms with Gasteiger partial charge >= 0.3 is 6.18 Å². The summed E-state index contributed by atoms with van der Waals surface area (Å²) in [5.41, 5.74) is 6.76. The third-order valence-electron chi connectivity index (χ3n) is 5.83. The number of aromatic nitrogens is 3. The second-order valence-corrected chi connectivity index (χ2v) is 7.99. The molecule has 1 atom stereocenters. The number of fused-ring (bicyclic) bond motifs is 1. The Morgan fingerprint density at radius 1 is 1.09 bits per heavy atom. The molecule has 1 aliphatic heterocycles. The van der Waals surface area contributed by atoms with Gasteiger partial charge in [0.1, 0.15) is 11.3 Å². The van der Waals surface area contributed by atoms with Crippen LogP contribution in [0.2, 0.25) is 0 Å². The van der Waals surface area contributed by atoms with Crippen molar-refractivity contribution < 1.29 is 13.2 Å². The Hall–Kier alpha value is -3.14. The lowest BCUT2D eigenvalue weighted by Crippen LogP contribution is -2.46. The Morgan fingerprint density at radius 2 is 1.84 bits per heavy atom. The molecule has 1 saturated heterocycles. The molecule has 10 heteroatoms. The van der Waals surface area contributed by atoms with Gasteiger partial charge in [-0.15, -0.1) is 5.10 Å².